The summed E-state index contributed by atoms with van der Waals surface area (Å²) in [6.45, 7) is 5.54. The van der Waals surface area contributed by atoms with Crippen LogP contribution in [0.3, 0.4) is 0 Å². The predicted octanol–water partition coefficient (Wildman–Crippen LogP) is 2.41. The van der Waals surface area contributed by atoms with E-state index in [0.717, 1.165) is 25.3 Å². The van der Waals surface area contributed by atoms with E-state index < -0.39 is 0 Å². The summed E-state index contributed by atoms with van der Waals surface area (Å²) >= 11 is 0. The summed E-state index contributed by atoms with van der Waals surface area (Å²) < 4.78 is 0. The van der Waals surface area contributed by atoms with Gasteiger partial charge in [-0.15, -0.1) is 0 Å². The summed E-state index contributed by atoms with van der Waals surface area (Å²) in [7, 11) is 2.02. The predicted molar refractivity (Wildman–Crippen MR) is 74.4 cm³/mol. The Morgan fingerprint density at radius 3 is 2.39 bits per heavy atom. The minimum atomic E-state index is 0.197. The summed E-state index contributed by atoms with van der Waals surface area (Å²) in [5.74, 6) is 1.41. The van der Waals surface area contributed by atoms with Crippen molar-refractivity contribution in [2.45, 2.75) is 64.5 Å². The minimum absolute atomic E-state index is 0.197. The number of nitrogens with zero attached hydrogens (tertiary/aromatic N) is 1. The van der Waals surface area contributed by atoms with Crippen LogP contribution in [0.25, 0.3) is 0 Å². The maximum atomic E-state index is 12.6. The molecule has 3 nitrogen and oxygen atoms in total. The minimum Gasteiger partial charge on any atom is -0.342 e. The Hall–Kier alpha value is -0.570. The molecule has 2 unspecified atom stereocenters. The molecule has 0 aromatic heterocycles. The van der Waals surface area contributed by atoms with Gasteiger partial charge in [-0.1, -0.05) is 6.92 Å². The monoisotopic (exact) mass is 252 g/mol. The number of hydrogen-bond acceptors (Lipinski definition) is 2. The molecule has 1 N–H and O–H groups in total. The first kappa shape index (κ1) is 13.9. The second-order valence-electron chi connectivity index (χ2n) is 6.35. The van der Waals surface area contributed by atoms with Crippen molar-refractivity contribution in [2.75, 3.05) is 13.6 Å². The van der Waals surface area contributed by atoms with Crippen LogP contribution >= 0.6 is 0 Å². The lowest BCUT2D eigenvalue weighted by Crippen LogP contribution is -2.50. The third kappa shape index (κ3) is 3.05. The van der Waals surface area contributed by atoms with Crippen molar-refractivity contribution in [1.82, 2.24) is 10.2 Å². The summed E-state index contributed by atoms with van der Waals surface area (Å²) in [4.78, 5) is 14.6. The first-order chi connectivity index (χ1) is 8.59. The summed E-state index contributed by atoms with van der Waals surface area (Å²) in [5, 5.41) is 3.43. The van der Waals surface area contributed by atoms with E-state index >= 15 is 0 Å². The van der Waals surface area contributed by atoms with Crippen molar-refractivity contribution in [3.63, 3.8) is 0 Å². The topological polar surface area (TPSA) is 32.3 Å². The highest BCUT2D eigenvalue weighted by Gasteiger charge is 2.33. The van der Waals surface area contributed by atoms with Crippen LogP contribution in [0.15, 0.2) is 0 Å². The third-order valence-electron chi connectivity index (χ3n) is 4.96. The number of nitrogens with one attached hydrogen (secondary N) is 1. The summed E-state index contributed by atoms with van der Waals surface area (Å²) in [6.07, 6.45) is 7.13. The number of carbonyl (C=O) groups is 1. The summed E-state index contributed by atoms with van der Waals surface area (Å²) in [5.41, 5.74) is 0. The van der Waals surface area contributed by atoms with Crippen LogP contribution in [0.2, 0.25) is 0 Å². The second kappa shape index (κ2) is 6.05. The first-order valence-electron chi connectivity index (χ1n) is 7.59. The fraction of sp³-hybridized carbons (Fsp3) is 0.933. The van der Waals surface area contributed by atoms with E-state index in [4.69, 9.17) is 0 Å². The maximum absolute atomic E-state index is 12.6. The van der Waals surface area contributed by atoms with Gasteiger partial charge in [-0.3, -0.25) is 4.79 Å². The van der Waals surface area contributed by atoms with Gasteiger partial charge in [0.05, 0.1) is 5.92 Å². The molecule has 2 aliphatic rings. The van der Waals surface area contributed by atoms with Gasteiger partial charge < -0.3 is 10.2 Å². The van der Waals surface area contributed by atoms with E-state index in [9.17, 15) is 4.79 Å². The molecule has 0 aromatic rings. The number of piperidine rings is 1. The number of carbonyl (C=O) groups excluding carboxylic acids is 1. The van der Waals surface area contributed by atoms with E-state index in [0.29, 0.717) is 18.0 Å². The highest BCUT2D eigenvalue weighted by Crippen LogP contribution is 2.28. The molecule has 0 spiro atoms. The fourth-order valence-corrected chi connectivity index (χ4v) is 3.45. The van der Waals surface area contributed by atoms with Crippen molar-refractivity contribution in [1.29, 1.82) is 0 Å². The standard InChI is InChI=1S/C15H28N2O/c1-11-6-8-13(9-7-11)17(3)15(18)14-5-4-10-16-12(14)2/h11-14,16H,4-10H2,1-3H3. The summed E-state index contributed by atoms with van der Waals surface area (Å²) in [6, 6.07) is 0.832. The van der Waals surface area contributed by atoms with Gasteiger partial charge in [0, 0.05) is 19.1 Å². The molecule has 18 heavy (non-hydrogen) atoms. The van der Waals surface area contributed by atoms with Crippen LogP contribution in [-0.4, -0.2) is 36.5 Å². The van der Waals surface area contributed by atoms with E-state index in [1.54, 1.807) is 0 Å². The highest BCUT2D eigenvalue weighted by atomic mass is 16.2. The molecule has 2 atom stereocenters. The van der Waals surface area contributed by atoms with Gasteiger partial charge >= 0.3 is 0 Å². The average Bonchev–Trinajstić information content (AvgIpc) is 2.38. The molecule has 104 valence electrons. The Kier molecular flexibility index (Phi) is 4.66. The van der Waals surface area contributed by atoms with Gasteiger partial charge in [0.1, 0.15) is 0 Å². The van der Waals surface area contributed by atoms with E-state index in [1.165, 1.54) is 25.7 Å². The van der Waals surface area contributed by atoms with Crippen LogP contribution in [0.5, 0.6) is 0 Å². The molecular formula is C15H28N2O. The smallest absolute Gasteiger partial charge is 0.227 e. The normalized spacial score (nSPS) is 37.3. The van der Waals surface area contributed by atoms with E-state index in [1.807, 2.05) is 7.05 Å². The SMILES string of the molecule is CC1CCC(N(C)C(=O)C2CCCNC2C)CC1. The molecule has 1 heterocycles. The van der Waals surface area contributed by atoms with Crippen molar-refractivity contribution >= 4 is 5.91 Å². The van der Waals surface area contributed by atoms with Gasteiger partial charge in [-0.2, -0.15) is 0 Å². The first-order valence-corrected chi connectivity index (χ1v) is 7.59. The van der Waals surface area contributed by atoms with Crippen LogP contribution in [0.4, 0.5) is 0 Å². The molecule has 2 fully saturated rings. The molecule has 1 saturated carbocycles. The Balaban J connectivity index is 1.91. The van der Waals surface area contributed by atoms with Crippen molar-refractivity contribution in [2.24, 2.45) is 11.8 Å². The number of hydrogen-bond donors (Lipinski definition) is 1. The number of amides is 1. The van der Waals surface area contributed by atoms with E-state index in [-0.39, 0.29) is 5.92 Å². The van der Waals surface area contributed by atoms with Crippen molar-refractivity contribution < 1.29 is 4.79 Å². The van der Waals surface area contributed by atoms with Crippen LogP contribution < -0.4 is 5.32 Å². The van der Waals surface area contributed by atoms with Gasteiger partial charge in [-0.05, 0) is 57.9 Å². The van der Waals surface area contributed by atoms with Gasteiger partial charge in [0.2, 0.25) is 5.91 Å². The third-order valence-corrected chi connectivity index (χ3v) is 4.96. The molecule has 0 bridgehead atoms. The molecule has 1 saturated heterocycles. The molecular weight excluding hydrogens is 224 g/mol. The Morgan fingerprint density at radius 1 is 1.11 bits per heavy atom. The van der Waals surface area contributed by atoms with Crippen molar-refractivity contribution in [3.05, 3.63) is 0 Å². The molecule has 3 heteroatoms. The average molecular weight is 252 g/mol. The van der Waals surface area contributed by atoms with Crippen LogP contribution in [0, 0.1) is 11.8 Å². The lowest BCUT2D eigenvalue weighted by atomic mass is 9.85. The highest BCUT2D eigenvalue weighted by molar-refractivity contribution is 5.79. The zero-order chi connectivity index (χ0) is 13.1. The largest absolute Gasteiger partial charge is 0.342 e. The van der Waals surface area contributed by atoms with Crippen LogP contribution in [-0.2, 0) is 4.79 Å². The molecule has 1 amide bonds. The second-order valence-corrected chi connectivity index (χ2v) is 6.35. The van der Waals surface area contributed by atoms with E-state index in [2.05, 4.69) is 24.1 Å². The van der Waals surface area contributed by atoms with Crippen LogP contribution in [0.1, 0.15) is 52.4 Å². The van der Waals surface area contributed by atoms with Gasteiger partial charge in [0.15, 0.2) is 0 Å². The Morgan fingerprint density at radius 2 is 1.78 bits per heavy atom. The lowest BCUT2D eigenvalue weighted by molar-refractivity contribution is -0.138. The molecule has 1 aliphatic carbocycles. The maximum Gasteiger partial charge on any atom is 0.227 e. The Labute approximate surface area is 111 Å². The zero-order valence-electron chi connectivity index (χ0n) is 12.1. The molecule has 1 aliphatic heterocycles. The molecule has 0 radical (unpaired) electrons. The van der Waals surface area contributed by atoms with Gasteiger partial charge in [0.25, 0.3) is 0 Å². The number of rotatable bonds is 2. The molecule has 0 aromatic carbocycles. The fourth-order valence-electron chi connectivity index (χ4n) is 3.45. The molecule has 2 rings (SSSR count). The Bertz CT molecular complexity index is 284. The quantitative estimate of drug-likeness (QED) is 0.818. The van der Waals surface area contributed by atoms with Gasteiger partial charge in [-0.25, -0.2) is 0 Å². The lowest BCUT2D eigenvalue weighted by Gasteiger charge is -2.38. The zero-order valence-corrected chi connectivity index (χ0v) is 12.1. The van der Waals surface area contributed by atoms with Crippen molar-refractivity contribution in [3.8, 4) is 0 Å².